The number of nitrogens with zero attached hydrogens (tertiary/aromatic N) is 2. The first kappa shape index (κ1) is 15.4. The van der Waals surface area contributed by atoms with E-state index in [1.165, 1.54) is 0 Å². The highest BCUT2D eigenvalue weighted by Gasteiger charge is 2.11. The predicted octanol–water partition coefficient (Wildman–Crippen LogP) is 3.56. The van der Waals surface area contributed by atoms with Crippen LogP contribution in [0.3, 0.4) is 0 Å². The molecule has 1 aromatic carbocycles. The largest absolute Gasteiger partial charge is 0.352 e. The molecule has 5 heteroatoms. The summed E-state index contributed by atoms with van der Waals surface area (Å²) >= 11 is 5.86. The fourth-order valence-electron chi connectivity index (χ4n) is 2.41. The molecular weight excluding hydrogens is 310 g/mol. The second-order valence-corrected chi connectivity index (χ2v) is 5.76. The van der Waals surface area contributed by atoms with Gasteiger partial charge < -0.3 is 5.32 Å². The van der Waals surface area contributed by atoms with Crippen molar-refractivity contribution in [2.45, 2.75) is 13.3 Å². The summed E-state index contributed by atoms with van der Waals surface area (Å²) in [7, 11) is 0. The van der Waals surface area contributed by atoms with Gasteiger partial charge in [0, 0.05) is 29.3 Å². The molecule has 4 nitrogen and oxygen atoms in total. The number of carbonyl (C=O) groups excluding carboxylic acids is 1. The van der Waals surface area contributed by atoms with Crippen molar-refractivity contribution in [3.8, 4) is 0 Å². The Kier molecular flexibility index (Phi) is 4.53. The molecular formula is C18H16ClN3O. The minimum Gasteiger partial charge on any atom is -0.352 e. The molecule has 0 aliphatic rings. The highest BCUT2D eigenvalue weighted by molar-refractivity contribution is 6.30. The number of hydrogen-bond acceptors (Lipinski definition) is 3. The van der Waals surface area contributed by atoms with Crippen LogP contribution in [-0.4, -0.2) is 22.4 Å². The molecule has 3 rings (SSSR count). The summed E-state index contributed by atoms with van der Waals surface area (Å²) < 4.78 is 0. The number of hydrogen-bond donors (Lipinski definition) is 1. The normalized spacial score (nSPS) is 10.7. The standard InChI is InChI=1S/C18H16ClN3O/c1-12-16(10-14-11-20-8-7-17(14)22-12)18(23)21-9-6-13-2-4-15(19)5-3-13/h2-5,7-8,10-11H,6,9H2,1H3,(H,21,23). The Morgan fingerprint density at radius 3 is 2.78 bits per heavy atom. The lowest BCUT2D eigenvalue weighted by Crippen LogP contribution is -2.26. The van der Waals surface area contributed by atoms with E-state index in [0.29, 0.717) is 22.8 Å². The van der Waals surface area contributed by atoms with Gasteiger partial charge in [-0.1, -0.05) is 23.7 Å². The molecule has 3 aromatic rings. The van der Waals surface area contributed by atoms with Crippen LogP contribution in [0.2, 0.25) is 5.02 Å². The lowest BCUT2D eigenvalue weighted by molar-refractivity contribution is 0.0953. The fraction of sp³-hybridized carbons (Fsp3) is 0.167. The van der Waals surface area contributed by atoms with Gasteiger partial charge in [0.15, 0.2) is 0 Å². The molecule has 2 heterocycles. The van der Waals surface area contributed by atoms with Gasteiger partial charge in [-0.25, -0.2) is 0 Å². The molecule has 0 fully saturated rings. The highest BCUT2D eigenvalue weighted by Crippen LogP contribution is 2.15. The molecule has 2 aromatic heterocycles. The number of carbonyl (C=O) groups is 1. The monoisotopic (exact) mass is 325 g/mol. The zero-order valence-electron chi connectivity index (χ0n) is 12.7. The van der Waals surface area contributed by atoms with Crippen LogP contribution in [0.15, 0.2) is 48.8 Å². The number of nitrogens with one attached hydrogen (secondary N) is 1. The first-order chi connectivity index (χ1) is 11.1. The van der Waals surface area contributed by atoms with E-state index in [0.717, 1.165) is 22.9 Å². The quantitative estimate of drug-likeness (QED) is 0.798. The van der Waals surface area contributed by atoms with Crippen molar-refractivity contribution in [2.24, 2.45) is 0 Å². The summed E-state index contributed by atoms with van der Waals surface area (Å²) in [5.74, 6) is -0.116. The third-order valence-corrected chi connectivity index (χ3v) is 3.91. The van der Waals surface area contributed by atoms with Gasteiger partial charge in [0.05, 0.1) is 16.8 Å². The van der Waals surface area contributed by atoms with Crippen molar-refractivity contribution in [1.29, 1.82) is 0 Å². The first-order valence-electron chi connectivity index (χ1n) is 7.37. The van der Waals surface area contributed by atoms with Crippen LogP contribution in [0.5, 0.6) is 0 Å². The van der Waals surface area contributed by atoms with Crippen molar-refractivity contribution < 1.29 is 4.79 Å². The number of halogens is 1. The number of rotatable bonds is 4. The summed E-state index contributed by atoms with van der Waals surface area (Å²) in [4.78, 5) is 20.9. The van der Waals surface area contributed by atoms with Gasteiger partial charge >= 0.3 is 0 Å². The molecule has 116 valence electrons. The summed E-state index contributed by atoms with van der Waals surface area (Å²) in [6, 6.07) is 11.3. The number of aromatic nitrogens is 2. The van der Waals surface area contributed by atoms with Crippen LogP contribution in [0.4, 0.5) is 0 Å². The van der Waals surface area contributed by atoms with Crippen LogP contribution < -0.4 is 5.32 Å². The summed E-state index contributed by atoms with van der Waals surface area (Å²) in [5.41, 5.74) is 3.27. The highest BCUT2D eigenvalue weighted by atomic mass is 35.5. The third-order valence-electron chi connectivity index (χ3n) is 3.66. The first-order valence-corrected chi connectivity index (χ1v) is 7.75. The number of fused-ring (bicyclic) bond motifs is 1. The van der Waals surface area contributed by atoms with Gasteiger partial charge in [0.2, 0.25) is 0 Å². The Hall–Kier alpha value is -2.46. The van der Waals surface area contributed by atoms with Crippen LogP contribution in [-0.2, 0) is 6.42 Å². The average molecular weight is 326 g/mol. The number of amides is 1. The molecule has 0 aliphatic heterocycles. The molecule has 0 saturated heterocycles. The van der Waals surface area contributed by atoms with E-state index in [-0.39, 0.29) is 5.91 Å². The summed E-state index contributed by atoms with van der Waals surface area (Å²) in [6.07, 6.45) is 4.16. The molecule has 1 N–H and O–H groups in total. The predicted molar refractivity (Wildman–Crippen MR) is 91.8 cm³/mol. The minimum absolute atomic E-state index is 0.116. The van der Waals surface area contributed by atoms with Gasteiger partial charge in [-0.2, -0.15) is 0 Å². The van der Waals surface area contributed by atoms with Crippen molar-refractivity contribution >= 4 is 28.4 Å². The van der Waals surface area contributed by atoms with Crippen molar-refractivity contribution in [3.63, 3.8) is 0 Å². The Bertz CT molecular complexity index is 847. The van der Waals surface area contributed by atoms with Gasteiger partial charge in [-0.3, -0.25) is 14.8 Å². The third kappa shape index (κ3) is 3.66. The van der Waals surface area contributed by atoms with Gasteiger partial charge in [0.25, 0.3) is 5.91 Å². The van der Waals surface area contributed by atoms with Crippen molar-refractivity contribution in [3.05, 3.63) is 70.6 Å². The molecule has 0 bridgehead atoms. The molecule has 0 unspecified atom stereocenters. The van der Waals surface area contributed by atoms with Gasteiger partial charge in [-0.05, 0) is 43.2 Å². The maximum Gasteiger partial charge on any atom is 0.253 e. The molecule has 0 saturated carbocycles. The van der Waals surface area contributed by atoms with Gasteiger partial charge in [-0.15, -0.1) is 0 Å². The summed E-state index contributed by atoms with van der Waals surface area (Å²) in [5, 5.41) is 4.51. The molecule has 23 heavy (non-hydrogen) atoms. The molecule has 1 amide bonds. The molecule has 0 spiro atoms. The van der Waals surface area contributed by atoms with E-state index in [1.54, 1.807) is 12.4 Å². The Balaban J connectivity index is 1.68. The zero-order chi connectivity index (χ0) is 16.2. The second-order valence-electron chi connectivity index (χ2n) is 5.32. The van der Waals surface area contributed by atoms with Gasteiger partial charge in [0.1, 0.15) is 0 Å². The average Bonchev–Trinajstić information content (AvgIpc) is 2.56. The molecule has 0 aliphatic carbocycles. The van der Waals surface area contributed by atoms with Crippen molar-refractivity contribution in [2.75, 3.05) is 6.54 Å². The molecule has 0 atom stereocenters. The number of benzene rings is 1. The zero-order valence-corrected chi connectivity index (χ0v) is 13.5. The van der Waals surface area contributed by atoms with Crippen LogP contribution >= 0.6 is 11.6 Å². The van der Waals surface area contributed by atoms with E-state index >= 15 is 0 Å². The Morgan fingerprint density at radius 1 is 1.22 bits per heavy atom. The van der Waals surface area contributed by atoms with E-state index in [1.807, 2.05) is 43.3 Å². The Morgan fingerprint density at radius 2 is 2.00 bits per heavy atom. The SMILES string of the molecule is Cc1nc2ccncc2cc1C(=O)NCCc1ccc(Cl)cc1. The lowest BCUT2D eigenvalue weighted by Gasteiger charge is -2.09. The topological polar surface area (TPSA) is 54.9 Å². The number of pyridine rings is 2. The van der Waals surface area contributed by atoms with E-state index in [2.05, 4.69) is 15.3 Å². The maximum atomic E-state index is 12.4. The van der Waals surface area contributed by atoms with Crippen molar-refractivity contribution in [1.82, 2.24) is 15.3 Å². The number of aryl methyl sites for hydroxylation is 1. The lowest BCUT2D eigenvalue weighted by atomic mass is 10.1. The van der Waals surface area contributed by atoms with E-state index < -0.39 is 0 Å². The van der Waals surface area contributed by atoms with Crippen LogP contribution in [0.25, 0.3) is 10.9 Å². The van der Waals surface area contributed by atoms with Crippen LogP contribution in [0, 0.1) is 6.92 Å². The minimum atomic E-state index is -0.116. The summed E-state index contributed by atoms with van der Waals surface area (Å²) in [6.45, 7) is 2.40. The molecule has 0 radical (unpaired) electrons. The smallest absolute Gasteiger partial charge is 0.253 e. The Labute approximate surface area is 139 Å². The maximum absolute atomic E-state index is 12.4. The van der Waals surface area contributed by atoms with E-state index in [9.17, 15) is 4.79 Å². The fourth-order valence-corrected chi connectivity index (χ4v) is 2.54. The van der Waals surface area contributed by atoms with E-state index in [4.69, 9.17) is 11.6 Å². The van der Waals surface area contributed by atoms with Crippen LogP contribution in [0.1, 0.15) is 21.6 Å². The second kappa shape index (κ2) is 6.75.